The zero-order chi connectivity index (χ0) is 49.1. The molecule has 0 radical (unpaired) electrons. The summed E-state index contributed by atoms with van der Waals surface area (Å²) in [5, 5.41) is 45.8. The quantitative estimate of drug-likeness (QED) is 0.0147. The molecule has 0 fully saturated rings. The van der Waals surface area contributed by atoms with Crippen LogP contribution in [-0.2, 0) is 56.0 Å². The number of hydrogen-bond donors (Lipinski definition) is 16. The van der Waals surface area contributed by atoms with Gasteiger partial charge in [-0.05, 0) is 38.3 Å². The molecule has 2 heterocycles. The lowest BCUT2D eigenvalue weighted by molar-refractivity contribution is -0.145. The van der Waals surface area contributed by atoms with Gasteiger partial charge in [-0.15, -0.1) is 0 Å². The second-order valence-electron chi connectivity index (χ2n) is 15.0. The van der Waals surface area contributed by atoms with Gasteiger partial charge in [0.05, 0.1) is 31.4 Å². The lowest BCUT2D eigenvalue weighted by Crippen LogP contribution is -2.60. The maximum atomic E-state index is 13.9. The number of hydrogen-bond acceptors (Lipinski definition) is 14. The molecule has 0 bridgehead atoms. The van der Waals surface area contributed by atoms with Gasteiger partial charge >= 0.3 is 11.9 Å². The van der Waals surface area contributed by atoms with E-state index in [2.05, 4.69) is 69.8 Å². The standard InChI is InChI=1S/C39H56N14O12S/c1-18(48-29(55)15-46-34(60)26(51-33(59)23(40)12-30(56)57)10-20-13-45-24-7-4-3-6-22(20)24)32(58)50-27(11-21-14-43-17-47-21)36(62)49-25(8-5-9-44-39(41)42)35(61)52-28(16-66)37(63)53-31(19(2)54)38(64)65/h3-4,6-7,13-14,17-19,23,25-28,31,45,54,66H,5,8-12,15-16,40H2,1-2H3,(H,43,47)(H,46,60)(H,48,55)(H,49,62)(H,50,58)(H,51,59)(H,52,61)(H,53,63)(H,56,57)(H,64,65)(H4,41,42,44)/t18-,19+,23-,25-,26-,27-,28-,31-/m0/s1. The van der Waals surface area contributed by atoms with Crippen molar-refractivity contribution >= 4 is 82.8 Å². The summed E-state index contributed by atoms with van der Waals surface area (Å²) in [5.74, 6) is -9.73. The highest BCUT2D eigenvalue weighted by Gasteiger charge is 2.33. The number of amides is 7. The van der Waals surface area contributed by atoms with E-state index in [1.54, 1.807) is 30.5 Å². The number of aliphatic carboxylic acids is 2. The van der Waals surface area contributed by atoms with E-state index in [9.17, 15) is 53.4 Å². The van der Waals surface area contributed by atoms with Crippen molar-refractivity contribution < 1.29 is 58.5 Å². The number of carboxylic acid groups (broad SMARTS) is 2. The van der Waals surface area contributed by atoms with Crippen molar-refractivity contribution in [1.29, 1.82) is 0 Å². The predicted molar refractivity (Wildman–Crippen MR) is 238 cm³/mol. The first-order chi connectivity index (χ1) is 31.2. The van der Waals surface area contributed by atoms with E-state index >= 15 is 0 Å². The summed E-state index contributed by atoms with van der Waals surface area (Å²) in [4.78, 5) is 130. The summed E-state index contributed by atoms with van der Waals surface area (Å²) in [6.45, 7) is 1.77. The van der Waals surface area contributed by atoms with Gasteiger partial charge in [0.25, 0.3) is 0 Å². The molecule has 0 saturated heterocycles. The molecule has 0 aliphatic rings. The average Bonchev–Trinajstić information content (AvgIpc) is 3.93. The van der Waals surface area contributed by atoms with Gasteiger partial charge in [0, 0.05) is 54.1 Å². The summed E-state index contributed by atoms with van der Waals surface area (Å²) < 4.78 is 0. The number of aromatic amines is 2. The lowest BCUT2D eigenvalue weighted by atomic mass is 10.0. The largest absolute Gasteiger partial charge is 0.481 e. The summed E-state index contributed by atoms with van der Waals surface area (Å²) in [5.41, 5.74) is 18.3. The minimum absolute atomic E-state index is 0.0272. The van der Waals surface area contributed by atoms with Crippen LogP contribution >= 0.6 is 12.6 Å². The van der Waals surface area contributed by atoms with E-state index in [1.807, 2.05) is 0 Å². The third-order valence-corrected chi connectivity index (χ3v) is 10.1. The SMILES string of the molecule is C[C@H](NC(=O)CNC(=O)[C@H](Cc1c[nH]c2ccccc12)NC(=O)[C@@H](N)CC(=O)O)C(=O)N[C@@H](Cc1cnc[nH]1)C(=O)N[C@@H](CCCN=C(N)N)C(=O)N[C@@H](CS)C(=O)N[C@H](C(=O)O)[C@@H](C)O. The van der Waals surface area contributed by atoms with E-state index < -0.39 is 115 Å². The number of H-pyrrole nitrogens is 2. The molecule has 3 rings (SSSR count). The second-order valence-corrected chi connectivity index (χ2v) is 15.4. The van der Waals surface area contributed by atoms with Crippen molar-refractivity contribution in [3.8, 4) is 0 Å². The Morgan fingerprint density at radius 1 is 0.788 bits per heavy atom. The van der Waals surface area contributed by atoms with Crippen LogP contribution in [-0.4, -0.2) is 157 Å². The van der Waals surface area contributed by atoms with Crippen LogP contribution in [0.1, 0.15) is 44.4 Å². The normalized spacial score (nSPS) is 14.6. The summed E-state index contributed by atoms with van der Waals surface area (Å²) in [7, 11) is 0. The number of thiol groups is 1. The molecule has 66 heavy (non-hydrogen) atoms. The molecule has 27 heteroatoms. The van der Waals surface area contributed by atoms with Crippen LogP contribution in [0, 0.1) is 0 Å². The van der Waals surface area contributed by atoms with E-state index in [4.69, 9.17) is 22.3 Å². The van der Waals surface area contributed by atoms with Crippen molar-refractivity contribution in [2.75, 3.05) is 18.8 Å². The Labute approximate surface area is 382 Å². The van der Waals surface area contributed by atoms with Gasteiger partial charge in [0.1, 0.15) is 30.2 Å². The molecular weight excluding hydrogens is 889 g/mol. The lowest BCUT2D eigenvalue weighted by Gasteiger charge is -2.26. The number of carbonyl (C=O) groups excluding carboxylic acids is 7. The molecule has 26 nitrogen and oxygen atoms in total. The molecule has 0 saturated carbocycles. The fourth-order valence-electron chi connectivity index (χ4n) is 6.21. The van der Waals surface area contributed by atoms with Crippen LogP contribution in [0.3, 0.4) is 0 Å². The number of fused-ring (bicyclic) bond motifs is 1. The maximum absolute atomic E-state index is 13.9. The first kappa shape index (κ1) is 53.1. The number of aliphatic imine (C=N–C) groups is 1. The van der Waals surface area contributed by atoms with Gasteiger partial charge in [-0.1, -0.05) is 18.2 Å². The zero-order valence-corrected chi connectivity index (χ0v) is 36.8. The molecule has 3 aromatic rings. The number of nitrogens with one attached hydrogen (secondary N) is 9. The van der Waals surface area contributed by atoms with Crippen molar-refractivity contribution in [2.45, 2.75) is 94.3 Å². The van der Waals surface area contributed by atoms with Crippen LogP contribution < -0.4 is 54.4 Å². The van der Waals surface area contributed by atoms with Crippen LogP contribution in [0.15, 0.2) is 48.0 Å². The molecule has 0 spiro atoms. The number of para-hydroxylation sites is 1. The first-order valence-electron chi connectivity index (χ1n) is 20.4. The minimum atomic E-state index is -1.71. The number of benzene rings is 1. The summed E-state index contributed by atoms with van der Waals surface area (Å²) in [6.07, 6.45) is 1.86. The monoisotopic (exact) mass is 944 g/mol. The summed E-state index contributed by atoms with van der Waals surface area (Å²) in [6, 6.07) is -2.94. The highest BCUT2D eigenvalue weighted by atomic mass is 32.1. The number of guanidine groups is 1. The highest BCUT2D eigenvalue weighted by Crippen LogP contribution is 2.19. The van der Waals surface area contributed by atoms with Crippen molar-refractivity contribution in [2.24, 2.45) is 22.2 Å². The number of rotatable bonds is 27. The van der Waals surface area contributed by atoms with E-state index in [0.29, 0.717) is 11.3 Å². The smallest absolute Gasteiger partial charge is 0.328 e. The van der Waals surface area contributed by atoms with E-state index in [-0.39, 0.29) is 43.9 Å². The molecule has 8 atom stereocenters. The highest BCUT2D eigenvalue weighted by molar-refractivity contribution is 7.80. The van der Waals surface area contributed by atoms with E-state index in [1.165, 1.54) is 19.4 Å². The molecule has 2 aromatic heterocycles. The topological polar surface area (TPSA) is 433 Å². The molecule has 360 valence electrons. The minimum Gasteiger partial charge on any atom is -0.481 e. The Bertz CT molecular complexity index is 2210. The number of imidazole rings is 1. The summed E-state index contributed by atoms with van der Waals surface area (Å²) >= 11 is 4.09. The fraction of sp³-hybridized carbons (Fsp3) is 0.462. The molecule has 18 N–H and O–H groups in total. The molecule has 0 unspecified atom stereocenters. The van der Waals surface area contributed by atoms with Crippen LogP contribution in [0.2, 0.25) is 0 Å². The number of aliphatic hydroxyl groups excluding tert-OH is 1. The van der Waals surface area contributed by atoms with Crippen LogP contribution in [0.5, 0.6) is 0 Å². The number of carboxylic acids is 2. The van der Waals surface area contributed by atoms with Crippen LogP contribution in [0.4, 0.5) is 0 Å². The Balaban J connectivity index is 1.73. The Morgan fingerprint density at radius 2 is 1.41 bits per heavy atom. The predicted octanol–water partition coefficient (Wildman–Crippen LogP) is -5.03. The molecular formula is C39H56N14O12S. The van der Waals surface area contributed by atoms with E-state index in [0.717, 1.165) is 17.8 Å². The van der Waals surface area contributed by atoms with Gasteiger partial charge in [-0.25, -0.2) is 9.78 Å². The number of nitrogens with zero attached hydrogens (tertiary/aromatic N) is 2. The van der Waals surface area contributed by atoms with Crippen molar-refractivity contribution in [3.63, 3.8) is 0 Å². The Morgan fingerprint density at radius 3 is 2.03 bits per heavy atom. The number of aliphatic hydroxyl groups is 1. The number of nitrogens with two attached hydrogens (primary N) is 3. The fourth-order valence-corrected chi connectivity index (χ4v) is 6.47. The van der Waals surface area contributed by atoms with Gasteiger partial charge < -0.3 is 79.7 Å². The van der Waals surface area contributed by atoms with Crippen LogP contribution in [0.25, 0.3) is 10.9 Å². The Hall–Kier alpha value is -7.26. The third kappa shape index (κ3) is 17.0. The van der Waals surface area contributed by atoms with Gasteiger partial charge in [0.2, 0.25) is 41.4 Å². The Kier molecular flexibility index (Phi) is 20.8. The first-order valence-corrected chi connectivity index (χ1v) is 21.0. The zero-order valence-electron chi connectivity index (χ0n) is 35.9. The molecule has 0 aliphatic heterocycles. The number of carbonyl (C=O) groups is 9. The van der Waals surface area contributed by atoms with Crippen molar-refractivity contribution in [3.05, 3.63) is 54.2 Å². The third-order valence-electron chi connectivity index (χ3n) is 9.71. The number of aromatic nitrogens is 3. The molecule has 0 aliphatic carbocycles. The molecule has 1 aromatic carbocycles. The molecule has 7 amide bonds. The maximum Gasteiger partial charge on any atom is 0.328 e. The van der Waals surface area contributed by atoms with Gasteiger partial charge in [-0.3, -0.25) is 43.3 Å². The second kappa shape index (κ2) is 25.9. The average molecular weight is 945 g/mol. The van der Waals surface area contributed by atoms with Gasteiger partial charge in [0.15, 0.2) is 12.0 Å². The van der Waals surface area contributed by atoms with Crippen molar-refractivity contribution in [1.82, 2.24) is 52.2 Å². The van der Waals surface area contributed by atoms with Gasteiger partial charge in [-0.2, -0.15) is 12.6 Å².